The van der Waals surface area contributed by atoms with E-state index in [-0.39, 0.29) is 17.8 Å². The lowest BCUT2D eigenvalue weighted by atomic mass is 9.85. The summed E-state index contributed by atoms with van der Waals surface area (Å²) in [6.07, 6.45) is 2.07. The van der Waals surface area contributed by atoms with Crippen LogP contribution in [0.5, 0.6) is 0 Å². The summed E-state index contributed by atoms with van der Waals surface area (Å²) in [5.41, 5.74) is -0.0603. The molecule has 0 aliphatic carbocycles. The lowest BCUT2D eigenvalue weighted by Crippen LogP contribution is -2.22. The first-order chi connectivity index (χ1) is 5.77. The maximum absolute atomic E-state index is 10.7. The Morgan fingerprint density at radius 1 is 1.31 bits per heavy atom. The minimum Gasteiger partial charge on any atom is -0.396 e. The Labute approximate surface area is 80.2 Å². The summed E-state index contributed by atoms with van der Waals surface area (Å²) in [6, 6.07) is 0. The predicted octanol–water partition coefficient (Wildman–Crippen LogP) is 0.464. The van der Waals surface area contributed by atoms with Crippen LogP contribution in [0.4, 0.5) is 0 Å². The Balaban J connectivity index is 3.89. The van der Waals surface area contributed by atoms with Crippen LogP contribution in [0.15, 0.2) is 0 Å². The molecule has 4 nitrogen and oxygen atoms in total. The normalized spacial score (nSPS) is 13.2. The second-order valence-corrected chi connectivity index (χ2v) is 5.84. The van der Waals surface area contributed by atoms with E-state index in [9.17, 15) is 8.42 Å². The first-order valence-electron chi connectivity index (χ1n) is 4.38. The van der Waals surface area contributed by atoms with Crippen molar-refractivity contribution >= 4 is 10.0 Å². The Bertz CT molecular complexity index is 234. The number of hydrogen-bond donors (Lipinski definition) is 2. The van der Waals surface area contributed by atoms with Crippen molar-refractivity contribution in [1.29, 1.82) is 0 Å². The Morgan fingerprint density at radius 2 is 1.85 bits per heavy atom. The molecule has 0 unspecified atom stereocenters. The fraction of sp³-hybridized carbons (Fsp3) is 1.00. The largest absolute Gasteiger partial charge is 0.396 e. The maximum atomic E-state index is 10.7. The summed E-state index contributed by atoms with van der Waals surface area (Å²) in [4.78, 5) is 0. The van der Waals surface area contributed by atoms with Gasteiger partial charge < -0.3 is 5.11 Å². The van der Waals surface area contributed by atoms with Crippen LogP contribution >= 0.6 is 0 Å². The molecule has 0 saturated carbocycles. The van der Waals surface area contributed by atoms with Crippen molar-refractivity contribution in [3.05, 3.63) is 0 Å². The standard InChI is InChI=1S/C8H19NO3S/c1-8(2,4-3-6-10)5-7-13(9,11)12/h10H,3-7H2,1-2H3,(H2,9,11,12). The van der Waals surface area contributed by atoms with E-state index >= 15 is 0 Å². The SMILES string of the molecule is CC(C)(CCCO)CCS(N)(=O)=O. The van der Waals surface area contributed by atoms with E-state index < -0.39 is 10.0 Å². The molecule has 0 aliphatic heterocycles. The van der Waals surface area contributed by atoms with Crippen molar-refractivity contribution in [1.82, 2.24) is 0 Å². The zero-order valence-corrected chi connectivity index (χ0v) is 9.10. The van der Waals surface area contributed by atoms with Crippen LogP contribution in [0.25, 0.3) is 0 Å². The third-order valence-electron chi connectivity index (χ3n) is 2.08. The molecule has 0 aromatic rings. The van der Waals surface area contributed by atoms with Gasteiger partial charge in [-0.2, -0.15) is 0 Å². The van der Waals surface area contributed by atoms with Gasteiger partial charge in [-0.15, -0.1) is 0 Å². The van der Waals surface area contributed by atoms with Gasteiger partial charge in [-0.05, 0) is 24.7 Å². The maximum Gasteiger partial charge on any atom is 0.209 e. The number of hydrogen-bond acceptors (Lipinski definition) is 3. The molecule has 0 radical (unpaired) electrons. The average Bonchev–Trinajstić information content (AvgIpc) is 1.97. The molecule has 0 heterocycles. The van der Waals surface area contributed by atoms with E-state index in [0.29, 0.717) is 12.8 Å². The quantitative estimate of drug-likeness (QED) is 0.667. The lowest BCUT2D eigenvalue weighted by molar-refractivity contribution is 0.237. The number of primary sulfonamides is 1. The van der Waals surface area contributed by atoms with Gasteiger partial charge in [0.2, 0.25) is 10.0 Å². The summed E-state index contributed by atoms with van der Waals surface area (Å²) >= 11 is 0. The smallest absolute Gasteiger partial charge is 0.209 e. The number of rotatable bonds is 6. The van der Waals surface area contributed by atoms with Gasteiger partial charge in [-0.3, -0.25) is 0 Å². The summed E-state index contributed by atoms with van der Waals surface area (Å²) in [5.74, 6) is 0.0193. The zero-order valence-electron chi connectivity index (χ0n) is 8.28. The van der Waals surface area contributed by atoms with E-state index in [1.807, 2.05) is 13.8 Å². The molecule has 3 N–H and O–H groups in total. The van der Waals surface area contributed by atoms with Crippen LogP contribution in [0.1, 0.15) is 33.1 Å². The van der Waals surface area contributed by atoms with Gasteiger partial charge >= 0.3 is 0 Å². The highest BCUT2D eigenvalue weighted by molar-refractivity contribution is 7.89. The minimum absolute atomic E-state index is 0.0193. The molecule has 0 bridgehead atoms. The van der Waals surface area contributed by atoms with Crippen molar-refractivity contribution in [2.45, 2.75) is 33.1 Å². The van der Waals surface area contributed by atoms with Crippen molar-refractivity contribution in [2.24, 2.45) is 10.6 Å². The highest BCUT2D eigenvalue weighted by Crippen LogP contribution is 2.26. The van der Waals surface area contributed by atoms with Crippen molar-refractivity contribution in [2.75, 3.05) is 12.4 Å². The Kier molecular flexibility index (Phi) is 4.88. The molecule has 0 saturated heterocycles. The van der Waals surface area contributed by atoms with Gasteiger partial charge in [0.05, 0.1) is 5.75 Å². The number of nitrogens with two attached hydrogens (primary N) is 1. The molecule has 0 aromatic heterocycles. The topological polar surface area (TPSA) is 80.4 Å². The summed E-state index contributed by atoms with van der Waals surface area (Å²) in [6.45, 7) is 4.11. The highest BCUT2D eigenvalue weighted by atomic mass is 32.2. The predicted molar refractivity (Wildman–Crippen MR) is 52.7 cm³/mol. The van der Waals surface area contributed by atoms with Crippen LogP contribution in [0, 0.1) is 5.41 Å². The third kappa shape index (κ3) is 8.21. The van der Waals surface area contributed by atoms with Crippen LogP contribution in [0.2, 0.25) is 0 Å². The van der Waals surface area contributed by atoms with Crippen LogP contribution in [-0.2, 0) is 10.0 Å². The van der Waals surface area contributed by atoms with Crippen molar-refractivity contribution < 1.29 is 13.5 Å². The molecular weight excluding hydrogens is 190 g/mol. The summed E-state index contributed by atoms with van der Waals surface area (Å²) in [5, 5.41) is 13.5. The van der Waals surface area contributed by atoms with Gasteiger partial charge in [0.15, 0.2) is 0 Å². The van der Waals surface area contributed by atoms with E-state index in [2.05, 4.69) is 0 Å². The fourth-order valence-electron chi connectivity index (χ4n) is 1.10. The van der Waals surface area contributed by atoms with E-state index in [4.69, 9.17) is 10.2 Å². The second-order valence-electron chi connectivity index (χ2n) is 4.11. The van der Waals surface area contributed by atoms with Gasteiger partial charge in [-0.25, -0.2) is 13.6 Å². The highest BCUT2D eigenvalue weighted by Gasteiger charge is 2.19. The molecule has 5 heteroatoms. The minimum atomic E-state index is -3.34. The van der Waals surface area contributed by atoms with Crippen LogP contribution < -0.4 is 5.14 Å². The third-order valence-corrected chi connectivity index (χ3v) is 2.85. The Hall–Kier alpha value is -0.130. The van der Waals surface area contributed by atoms with Gasteiger partial charge in [0, 0.05) is 6.61 Å². The van der Waals surface area contributed by atoms with Crippen LogP contribution in [-0.4, -0.2) is 25.9 Å². The first kappa shape index (κ1) is 12.9. The molecular formula is C8H19NO3S. The number of aliphatic hydroxyl groups is 1. The van der Waals surface area contributed by atoms with Gasteiger partial charge in [-0.1, -0.05) is 13.8 Å². The van der Waals surface area contributed by atoms with Crippen molar-refractivity contribution in [3.63, 3.8) is 0 Å². The van der Waals surface area contributed by atoms with Gasteiger partial charge in [0.25, 0.3) is 0 Å². The monoisotopic (exact) mass is 209 g/mol. The number of sulfonamides is 1. The first-order valence-corrected chi connectivity index (χ1v) is 6.10. The lowest BCUT2D eigenvalue weighted by Gasteiger charge is -2.23. The van der Waals surface area contributed by atoms with Crippen molar-refractivity contribution in [3.8, 4) is 0 Å². The average molecular weight is 209 g/mol. The van der Waals surface area contributed by atoms with E-state index in [1.54, 1.807) is 0 Å². The fourth-order valence-corrected chi connectivity index (χ4v) is 1.94. The molecule has 80 valence electrons. The molecule has 13 heavy (non-hydrogen) atoms. The molecule has 0 rings (SSSR count). The molecule has 0 aliphatic rings. The van der Waals surface area contributed by atoms with Gasteiger partial charge in [0.1, 0.15) is 0 Å². The Morgan fingerprint density at radius 3 is 2.23 bits per heavy atom. The molecule has 0 amide bonds. The molecule has 0 aromatic carbocycles. The number of aliphatic hydroxyl groups excluding tert-OH is 1. The molecule has 0 atom stereocenters. The molecule has 0 spiro atoms. The second kappa shape index (κ2) is 4.93. The summed E-state index contributed by atoms with van der Waals surface area (Å²) in [7, 11) is -3.34. The van der Waals surface area contributed by atoms with E-state index in [0.717, 1.165) is 6.42 Å². The van der Waals surface area contributed by atoms with E-state index in [1.165, 1.54) is 0 Å². The zero-order chi connectivity index (χ0) is 10.5. The van der Waals surface area contributed by atoms with Crippen LogP contribution in [0.3, 0.4) is 0 Å². The molecule has 0 fully saturated rings. The summed E-state index contributed by atoms with van der Waals surface area (Å²) < 4.78 is 21.4.